The first-order chi connectivity index (χ1) is 9.19. The molecule has 0 aromatic carbocycles. The standard InChI is InChI=1S/C15H22N2O2/c16-15(8-2-1-3-9-15)14(18)17(12-6-7-12)11-13-5-4-10-19-13/h4-5,10,12H,1-3,6-9,11,16H2. The van der Waals surface area contributed by atoms with Crippen molar-refractivity contribution in [3.05, 3.63) is 24.2 Å². The minimum Gasteiger partial charge on any atom is -0.467 e. The van der Waals surface area contributed by atoms with Crippen molar-refractivity contribution in [2.24, 2.45) is 5.73 Å². The van der Waals surface area contributed by atoms with Crippen LogP contribution in [0.5, 0.6) is 0 Å². The van der Waals surface area contributed by atoms with Crippen LogP contribution in [0.3, 0.4) is 0 Å². The molecule has 4 heteroatoms. The Bertz CT molecular complexity index is 431. The molecule has 0 atom stereocenters. The van der Waals surface area contributed by atoms with Crippen molar-refractivity contribution in [1.82, 2.24) is 4.90 Å². The molecule has 0 aliphatic heterocycles. The van der Waals surface area contributed by atoms with Crippen molar-refractivity contribution in [1.29, 1.82) is 0 Å². The number of amides is 1. The van der Waals surface area contributed by atoms with Gasteiger partial charge in [-0.15, -0.1) is 0 Å². The number of hydrogen-bond acceptors (Lipinski definition) is 3. The number of furan rings is 1. The van der Waals surface area contributed by atoms with Gasteiger partial charge >= 0.3 is 0 Å². The third-order valence-corrected chi connectivity index (χ3v) is 4.33. The summed E-state index contributed by atoms with van der Waals surface area (Å²) in [6.07, 6.45) is 8.85. The predicted molar refractivity (Wildman–Crippen MR) is 72.3 cm³/mol. The summed E-state index contributed by atoms with van der Waals surface area (Å²) in [6, 6.07) is 4.16. The Morgan fingerprint density at radius 3 is 2.68 bits per heavy atom. The predicted octanol–water partition coefficient (Wildman–Crippen LogP) is 2.43. The summed E-state index contributed by atoms with van der Waals surface area (Å²) in [5.41, 5.74) is 5.74. The third-order valence-electron chi connectivity index (χ3n) is 4.33. The molecule has 4 nitrogen and oxygen atoms in total. The smallest absolute Gasteiger partial charge is 0.243 e. The van der Waals surface area contributed by atoms with Gasteiger partial charge in [-0.1, -0.05) is 19.3 Å². The van der Waals surface area contributed by atoms with Crippen molar-refractivity contribution in [3.8, 4) is 0 Å². The maximum absolute atomic E-state index is 12.8. The Kier molecular flexibility index (Phi) is 3.35. The van der Waals surface area contributed by atoms with Crippen LogP contribution >= 0.6 is 0 Å². The van der Waals surface area contributed by atoms with Crippen molar-refractivity contribution in [2.75, 3.05) is 0 Å². The van der Waals surface area contributed by atoms with Crippen LogP contribution in [0.2, 0.25) is 0 Å². The Morgan fingerprint density at radius 1 is 1.37 bits per heavy atom. The molecule has 2 saturated carbocycles. The van der Waals surface area contributed by atoms with E-state index in [1.165, 1.54) is 6.42 Å². The SMILES string of the molecule is NC1(C(=O)N(Cc2ccco2)C2CC2)CCCCC1. The van der Waals surface area contributed by atoms with Gasteiger partial charge < -0.3 is 15.1 Å². The molecule has 2 fully saturated rings. The van der Waals surface area contributed by atoms with Crippen LogP contribution in [0.25, 0.3) is 0 Å². The van der Waals surface area contributed by atoms with E-state index >= 15 is 0 Å². The number of rotatable bonds is 4. The van der Waals surface area contributed by atoms with Gasteiger partial charge in [-0.25, -0.2) is 0 Å². The van der Waals surface area contributed by atoms with E-state index < -0.39 is 5.54 Å². The largest absolute Gasteiger partial charge is 0.467 e. The van der Waals surface area contributed by atoms with Gasteiger partial charge in [-0.05, 0) is 37.8 Å². The average Bonchev–Trinajstić information content (AvgIpc) is 3.13. The highest BCUT2D eigenvalue weighted by atomic mass is 16.3. The van der Waals surface area contributed by atoms with Gasteiger partial charge in [0, 0.05) is 6.04 Å². The first kappa shape index (κ1) is 12.7. The summed E-state index contributed by atoms with van der Waals surface area (Å²) < 4.78 is 5.38. The number of nitrogens with two attached hydrogens (primary N) is 1. The lowest BCUT2D eigenvalue weighted by atomic mass is 9.81. The molecule has 1 amide bonds. The number of carbonyl (C=O) groups is 1. The lowest BCUT2D eigenvalue weighted by Crippen LogP contribution is -2.56. The van der Waals surface area contributed by atoms with E-state index in [1.54, 1.807) is 6.26 Å². The lowest BCUT2D eigenvalue weighted by molar-refractivity contribution is -0.139. The zero-order valence-electron chi connectivity index (χ0n) is 11.3. The second kappa shape index (κ2) is 5.00. The number of hydrogen-bond donors (Lipinski definition) is 1. The molecular formula is C15H22N2O2. The van der Waals surface area contributed by atoms with Gasteiger partial charge in [0.2, 0.25) is 5.91 Å². The molecule has 2 aliphatic carbocycles. The van der Waals surface area contributed by atoms with Gasteiger partial charge in [0.15, 0.2) is 0 Å². The molecule has 104 valence electrons. The minimum absolute atomic E-state index is 0.131. The monoisotopic (exact) mass is 262 g/mol. The molecule has 3 rings (SSSR count). The van der Waals surface area contributed by atoms with E-state index in [4.69, 9.17) is 10.2 Å². The molecule has 0 spiro atoms. The first-order valence-electron chi connectivity index (χ1n) is 7.31. The van der Waals surface area contributed by atoms with Gasteiger partial charge in [0.25, 0.3) is 0 Å². The summed E-state index contributed by atoms with van der Waals surface area (Å²) in [5, 5.41) is 0. The van der Waals surface area contributed by atoms with E-state index in [0.29, 0.717) is 12.6 Å². The van der Waals surface area contributed by atoms with Crippen LogP contribution in [0.4, 0.5) is 0 Å². The fourth-order valence-electron chi connectivity index (χ4n) is 3.01. The topological polar surface area (TPSA) is 59.5 Å². The van der Waals surface area contributed by atoms with E-state index in [9.17, 15) is 4.79 Å². The Hall–Kier alpha value is -1.29. The summed E-state index contributed by atoms with van der Waals surface area (Å²) in [4.78, 5) is 14.7. The third kappa shape index (κ3) is 2.68. The molecule has 0 saturated heterocycles. The Labute approximate surface area is 113 Å². The van der Waals surface area contributed by atoms with Gasteiger partial charge in [0.1, 0.15) is 5.76 Å². The lowest BCUT2D eigenvalue weighted by Gasteiger charge is -2.36. The van der Waals surface area contributed by atoms with Gasteiger partial charge in [0.05, 0.1) is 18.3 Å². The number of carbonyl (C=O) groups excluding carboxylic acids is 1. The molecular weight excluding hydrogens is 240 g/mol. The summed E-state index contributed by atoms with van der Waals surface area (Å²) in [7, 11) is 0. The molecule has 1 aromatic heterocycles. The molecule has 1 heterocycles. The van der Waals surface area contributed by atoms with Gasteiger partial charge in [-0.3, -0.25) is 4.79 Å². The van der Waals surface area contributed by atoms with E-state index in [-0.39, 0.29) is 5.91 Å². The van der Waals surface area contributed by atoms with Crippen LogP contribution < -0.4 is 5.73 Å². The van der Waals surface area contributed by atoms with Crippen molar-refractivity contribution in [3.63, 3.8) is 0 Å². The molecule has 19 heavy (non-hydrogen) atoms. The molecule has 0 bridgehead atoms. The molecule has 1 aromatic rings. The van der Waals surface area contributed by atoms with Crippen LogP contribution in [-0.4, -0.2) is 22.4 Å². The Balaban J connectivity index is 1.74. The quantitative estimate of drug-likeness (QED) is 0.906. The highest BCUT2D eigenvalue weighted by Crippen LogP contribution is 2.34. The average molecular weight is 262 g/mol. The van der Waals surface area contributed by atoms with Crippen molar-refractivity contribution < 1.29 is 9.21 Å². The number of nitrogens with zero attached hydrogens (tertiary/aromatic N) is 1. The highest BCUT2D eigenvalue weighted by Gasteiger charge is 2.43. The first-order valence-corrected chi connectivity index (χ1v) is 7.31. The fraction of sp³-hybridized carbons (Fsp3) is 0.667. The maximum atomic E-state index is 12.8. The van der Waals surface area contributed by atoms with Gasteiger partial charge in [-0.2, -0.15) is 0 Å². The molecule has 2 N–H and O–H groups in total. The zero-order valence-corrected chi connectivity index (χ0v) is 11.3. The van der Waals surface area contributed by atoms with E-state index in [1.807, 2.05) is 17.0 Å². The normalized spacial score (nSPS) is 22.2. The Morgan fingerprint density at radius 2 is 2.11 bits per heavy atom. The van der Waals surface area contributed by atoms with Crippen molar-refractivity contribution in [2.45, 2.75) is 63.1 Å². The van der Waals surface area contributed by atoms with Crippen molar-refractivity contribution >= 4 is 5.91 Å². The van der Waals surface area contributed by atoms with Crippen LogP contribution in [0.1, 0.15) is 50.7 Å². The zero-order chi connectivity index (χ0) is 13.3. The van der Waals surface area contributed by atoms with Crippen LogP contribution in [0.15, 0.2) is 22.8 Å². The molecule has 2 aliphatic rings. The highest BCUT2D eigenvalue weighted by molar-refractivity contribution is 5.86. The molecule has 0 unspecified atom stereocenters. The van der Waals surface area contributed by atoms with E-state index in [2.05, 4.69) is 0 Å². The summed E-state index contributed by atoms with van der Waals surface area (Å²) in [6.45, 7) is 0.565. The summed E-state index contributed by atoms with van der Waals surface area (Å²) in [5.74, 6) is 0.978. The molecule has 0 radical (unpaired) electrons. The van der Waals surface area contributed by atoms with Crippen LogP contribution in [0, 0.1) is 0 Å². The second-order valence-electron chi connectivity index (χ2n) is 5.96. The second-order valence-corrected chi connectivity index (χ2v) is 5.96. The maximum Gasteiger partial charge on any atom is 0.243 e. The van der Waals surface area contributed by atoms with E-state index in [0.717, 1.165) is 44.3 Å². The fourth-order valence-corrected chi connectivity index (χ4v) is 3.01. The summed E-state index contributed by atoms with van der Waals surface area (Å²) >= 11 is 0. The van der Waals surface area contributed by atoms with Crippen LogP contribution in [-0.2, 0) is 11.3 Å². The minimum atomic E-state index is -0.632.